The summed E-state index contributed by atoms with van der Waals surface area (Å²) in [6, 6.07) is 6.50. The zero-order valence-corrected chi connectivity index (χ0v) is 15.1. The zero-order valence-electron chi connectivity index (χ0n) is 14.3. The molecule has 1 aromatic carbocycles. The summed E-state index contributed by atoms with van der Waals surface area (Å²) in [5.41, 5.74) is 4.63. The van der Waals surface area contributed by atoms with E-state index in [2.05, 4.69) is 48.8 Å². The second kappa shape index (κ2) is 10.3. The molecule has 21 heavy (non-hydrogen) atoms. The van der Waals surface area contributed by atoms with Crippen molar-refractivity contribution in [3.05, 3.63) is 54.3 Å². The van der Waals surface area contributed by atoms with Crippen molar-refractivity contribution in [2.24, 2.45) is 0 Å². The van der Waals surface area contributed by atoms with Crippen molar-refractivity contribution in [3.63, 3.8) is 0 Å². The Balaban J connectivity index is 0.000000921. The highest BCUT2D eigenvalue weighted by Gasteiger charge is 2.16. The van der Waals surface area contributed by atoms with Gasteiger partial charge in [0.15, 0.2) is 0 Å². The maximum Gasteiger partial charge on any atom is 0.0669 e. The molecule has 0 radical (unpaired) electrons. The molecule has 0 spiro atoms. The van der Waals surface area contributed by atoms with Gasteiger partial charge in [-0.2, -0.15) is 0 Å². The molecule has 1 unspecified atom stereocenters. The Morgan fingerprint density at radius 2 is 1.76 bits per heavy atom. The largest absolute Gasteiger partial charge is 0.391 e. The van der Waals surface area contributed by atoms with Crippen molar-refractivity contribution in [2.75, 3.05) is 7.05 Å². The molecule has 0 fully saturated rings. The fourth-order valence-electron chi connectivity index (χ4n) is 1.75. The van der Waals surface area contributed by atoms with Crippen LogP contribution >= 0.6 is 11.8 Å². The van der Waals surface area contributed by atoms with Crippen LogP contribution in [0, 0.1) is 0 Å². The zero-order chi connectivity index (χ0) is 16.4. The Labute approximate surface area is 135 Å². The van der Waals surface area contributed by atoms with Crippen molar-refractivity contribution in [3.8, 4) is 0 Å². The average molecular weight is 304 g/mol. The highest BCUT2D eigenvalue weighted by Crippen LogP contribution is 2.36. The van der Waals surface area contributed by atoms with Gasteiger partial charge in [-0.15, -0.1) is 11.8 Å². The molecule has 1 aromatic rings. The van der Waals surface area contributed by atoms with E-state index in [1.54, 1.807) is 0 Å². The van der Waals surface area contributed by atoms with Gasteiger partial charge in [0.05, 0.1) is 5.25 Å². The van der Waals surface area contributed by atoms with Crippen LogP contribution < -0.4 is 5.32 Å². The molecule has 1 aliphatic rings. The van der Waals surface area contributed by atoms with E-state index in [-0.39, 0.29) is 0 Å². The molecule has 0 aliphatic carbocycles. The van der Waals surface area contributed by atoms with Gasteiger partial charge in [0.2, 0.25) is 0 Å². The molecule has 0 amide bonds. The van der Waals surface area contributed by atoms with Gasteiger partial charge in [-0.05, 0) is 30.2 Å². The summed E-state index contributed by atoms with van der Waals surface area (Å²) < 4.78 is 0. The summed E-state index contributed by atoms with van der Waals surface area (Å²) in [5, 5.41) is 3.44. The van der Waals surface area contributed by atoms with Gasteiger partial charge in [0.25, 0.3) is 0 Å². The first-order valence-electron chi connectivity index (χ1n) is 7.63. The van der Waals surface area contributed by atoms with Crippen LogP contribution in [0.4, 0.5) is 0 Å². The number of rotatable bonds is 3. The van der Waals surface area contributed by atoms with E-state index in [9.17, 15) is 0 Å². The van der Waals surface area contributed by atoms with E-state index >= 15 is 0 Å². The topological polar surface area (TPSA) is 12.0 Å². The number of allylic oxidation sites excluding steroid dienone is 1. The van der Waals surface area contributed by atoms with Gasteiger partial charge in [0, 0.05) is 17.6 Å². The van der Waals surface area contributed by atoms with Gasteiger partial charge in [-0.25, -0.2) is 0 Å². The lowest BCUT2D eigenvalue weighted by atomic mass is 10.0. The van der Waals surface area contributed by atoms with Crippen LogP contribution in [0.3, 0.4) is 0 Å². The molecule has 1 nitrogen and oxygen atoms in total. The van der Waals surface area contributed by atoms with Gasteiger partial charge in [0.1, 0.15) is 0 Å². The minimum atomic E-state index is 0.322. The molecular weight excluding hydrogens is 274 g/mol. The third-order valence-corrected chi connectivity index (χ3v) is 4.19. The standard InChI is InChI=1S/C15H17NS.2C2H6/c1-10(2)12-5-8-15-13(9-12)6-7-14(17-15)11(3)16-4;2*1-2/h5-9,14,16H,1,3H2,2,4H3;2*1-2H3. The first kappa shape index (κ1) is 19.6. The van der Waals surface area contributed by atoms with Crippen molar-refractivity contribution < 1.29 is 0 Å². The predicted octanol–water partition coefficient (Wildman–Crippen LogP) is 5.99. The quantitative estimate of drug-likeness (QED) is 0.735. The monoisotopic (exact) mass is 303 g/mol. The van der Waals surface area contributed by atoms with Crippen LogP contribution in [0.25, 0.3) is 11.6 Å². The van der Waals surface area contributed by atoms with Crippen LogP contribution in [-0.2, 0) is 0 Å². The van der Waals surface area contributed by atoms with E-state index in [0.29, 0.717) is 5.25 Å². The van der Waals surface area contributed by atoms with Gasteiger partial charge < -0.3 is 5.32 Å². The Morgan fingerprint density at radius 3 is 2.29 bits per heavy atom. The molecule has 0 bridgehead atoms. The Bertz CT molecular complexity index is 500. The molecule has 1 atom stereocenters. The number of thioether (sulfide) groups is 1. The van der Waals surface area contributed by atoms with Crippen LogP contribution in [0.5, 0.6) is 0 Å². The second-order valence-electron chi connectivity index (χ2n) is 4.21. The third kappa shape index (κ3) is 5.47. The number of hydrogen-bond acceptors (Lipinski definition) is 2. The molecule has 1 aliphatic heterocycles. The minimum Gasteiger partial charge on any atom is -0.391 e. The Morgan fingerprint density at radius 1 is 1.14 bits per heavy atom. The van der Waals surface area contributed by atoms with E-state index in [0.717, 1.165) is 11.3 Å². The van der Waals surface area contributed by atoms with Crippen molar-refractivity contribution in [2.45, 2.75) is 44.8 Å². The van der Waals surface area contributed by atoms with Crippen molar-refractivity contribution in [1.29, 1.82) is 0 Å². The number of nitrogens with one attached hydrogen (secondary N) is 1. The summed E-state index contributed by atoms with van der Waals surface area (Å²) in [4.78, 5) is 1.30. The van der Waals surface area contributed by atoms with E-state index < -0.39 is 0 Å². The van der Waals surface area contributed by atoms with E-state index in [1.165, 1.54) is 16.0 Å². The van der Waals surface area contributed by atoms with Gasteiger partial charge in [-0.3, -0.25) is 0 Å². The maximum atomic E-state index is 4.02. The molecule has 2 heteroatoms. The normalized spacial score (nSPS) is 14.7. The SMILES string of the molecule is C=C(C)c1ccc2c(c1)C=CC(C(=C)NC)S2.CC.CC. The first-order valence-corrected chi connectivity index (χ1v) is 8.51. The lowest BCUT2D eigenvalue weighted by Crippen LogP contribution is -2.16. The van der Waals surface area contributed by atoms with Crippen molar-refractivity contribution in [1.82, 2.24) is 5.32 Å². The predicted molar refractivity (Wildman–Crippen MR) is 101 cm³/mol. The summed E-state index contributed by atoms with van der Waals surface area (Å²) in [6.07, 6.45) is 4.36. The minimum absolute atomic E-state index is 0.322. The number of hydrogen-bond donors (Lipinski definition) is 1. The van der Waals surface area contributed by atoms with Crippen LogP contribution in [-0.4, -0.2) is 12.3 Å². The molecule has 2 rings (SSSR count). The fraction of sp³-hybridized carbons (Fsp3) is 0.368. The smallest absolute Gasteiger partial charge is 0.0669 e. The molecule has 0 saturated carbocycles. The highest BCUT2D eigenvalue weighted by atomic mass is 32.2. The molecule has 0 aromatic heterocycles. The summed E-state index contributed by atoms with van der Waals surface area (Å²) in [6.45, 7) is 18.0. The Hall–Kier alpha value is -1.41. The van der Waals surface area contributed by atoms with E-state index in [1.807, 2.05) is 53.4 Å². The van der Waals surface area contributed by atoms with Crippen LogP contribution in [0.2, 0.25) is 0 Å². The van der Waals surface area contributed by atoms with Gasteiger partial charge >= 0.3 is 0 Å². The van der Waals surface area contributed by atoms with E-state index in [4.69, 9.17) is 0 Å². The van der Waals surface area contributed by atoms with Gasteiger partial charge in [-0.1, -0.05) is 64.6 Å². The number of fused-ring (bicyclic) bond motifs is 1. The molecule has 1 N–H and O–H groups in total. The third-order valence-electron chi connectivity index (χ3n) is 2.87. The highest BCUT2D eigenvalue weighted by molar-refractivity contribution is 8.00. The maximum absolute atomic E-state index is 4.02. The molecular formula is C19H29NS. The molecule has 0 saturated heterocycles. The van der Waals surface area contributed by atoms with Crippen LogP contribution in [0.1, 0.15) is 45.7 Å². The molecule has 116 valence electrons. The fourth-order valence-corrected chi connectivity index (χ4v) is 2.85. The van der Waals surface area contributed by atoms with Crippen molar-refractivity contribution >= 4 is 23.4 Å². The van der Waals surface area contributed by atoms with Crippen LogP contribution in [0.15, 0.2) is 48.0 Å². The Kier molecular flexibility index (Phi) is 9.64. The first-order chi connectivity index (χ1) is 10.1. The molecule has 1 heterocycles. The lowest BCUT2D eigenvalue weighted by Gasteiger charge is -2.21. The summed E-state index contributed by atoms with van der Waals surface area (Å²) in [7, 11) is 1.91. The number of benzene rings is 1. The average Bonchev–Trinajstić information content (AvgIpc) is 2.56. The second-order valence-corrected chi connectivity index (χ2v) is 5.39. The summed E-state index contributed by atoms with van der Waals surface area (Å²) >= 11 is 1.83. The lowest BCUT2D eigenvalue weighted by molar-refractivity contribution is 0.955. The summed E-state index contributed by atoms with van der Waals surface area (Å²) in [5.74, 6) is 0.